The third-order valence-corrected chi connectivity index (χ3v) is 5.56. The summed E-state index contributed by atoms with van der Waals surface area (Å²) < 4.78 is 45.9. The zero-order valence-electron chi connectivity index (χ0n) is 17.2. The predicted molar refractivity (Wildman–Crippen MR) is 112 cm³/mol. The summed E-state index contributed by atoms with van der Waals surface area (Å²) in [6, 6.07) is 8.91. The molecule has 1 aromatic carbocycles. The molecule has 0 radical (unpaired) electrons. The fourth-order valence-corrected chi connectivity index (χ4v) is 3.84. The van der Waals surface area contributed by atoms with Crippen molar-refractivity contribution in [2.24, 2.45) is 0 Å². The molecule has 1 aliphatic carbocycles. The van der Waals surface area contributed by atoms with Gasteiger partial charge in [0.1, 0.15) is 11.4 Å². The summed E-state index contributed by atoms with van der Waals surface area (Å²) in [6.45, 7) is 0.481. The van der Waals surface area contributed by atoms with Crippen molar-refractivity contribution in [2.75, 3.05) is 13.7 Å². The Bertz CT molecular complexity index is 1120. The van der Waals surface area contributed by atoms with Gasteiger partial charge in [0.25, 0.3) is 5.91 Å². The number of halogens is 4. The minimum absolute atomic E-state index is 0.0146. The second-order valence-electron chi connectivity index (χ2n) is 7.55. The molecule has 170 valence electrons. The molecule has 32 heavy (non-hydrogen) atoms. The van der Waals surface area contributed by atoms with Crippen LogP contribution in [0, 0.1) is 0 Å². The molecule has 4 rings (SSSR count). The van der Waals surface area contributed by atoms with Gasteiger partial charge in [-0.3, -0.25) is 14.6 Å². The van der Waals surface area contributed by atoms with E-state index in [1.807, 2.05) is 18.2 Å². The highest BCUT2D eigenvalue weighted by Gasteiger charge is 2.41. The number of hydrogen-bond acceptors (Lipinski definition) is 4. The van der Waals surface area contributed by atoms with Crippen molar-refractivity contribution < 1.29 is 22.7 Å². The average Bonchev–Trinajstić information content (AvgIpc) is 3.35. The van der Waals surface area contributed by atoms with E-state index >= 15 is 0 Å². The number of hydrogen-bond donors (Lipinski definition) is 2. The fourth-order valence-electron chi connectivity index (χ4n) is 3.45. The van der Waals surface area contributed by atoms with Crippen LogP contribution < -0.4 is 10.1 Å². The fraction of sp³-hybridized carbons (Fsp3) is 0.381. The van der Waals surface area contributed by atoms with E-state index < -0.39 is 11.9 Å². The standard InChI is InChI=1S/C21H21ClF3N5O2/c1-32-14-5-2-4-13(10-14)15-11-16(28-27-15)20(31)26-8-3-9-30-18(12-6-7-12)17(22)19(29-30)21(23,24)25/h2,4-5,10-12H,3,6-9H2,1H3,(H,26,31)(H,27,28). The molecule has 1 saturated carbocycles. The van der Waals surface area contributed by atoms with Crippen molar-refractivity contribution in [2.45, 2.75) is 37.9 Å². The van der Waals surface area contributed by atoms with Crippen molar-refractivity contribution in [1.29, 1.82) is 0 Å². The number of amides is 1. The highest BCUT2D eigenvalue weighted by molar-refractivity contribution is 6.32. The van der Waals surface area contributed by atoms with Crippen molar-refractivity contribution in [3.05, 3.63) is 52.4 Å². The number of carbonyl (C=O) groups is 1. The third kappa shape index (κ3) is 4.74. The number of nitrogens with zero attached hydrogens (tertiary/aromatic N) is 3. The van der Waals surface area contributed by atoms with Crippen molar-refractivity contribution in [3.63, 3.8) is 0 Å². The van der Waals surface area contributed by atoms with Gasteiger partial charge in [-0.15, -0.1) is 0 Å². The Labute approximate surface area is 186 Å². The number of rotatable bonds is 8. The van der Waals surface area contributed by atoms with Crippen LogP contribution >= 0.6 is 11.6 Å². The number of aromatic nitrogens is 4. The highest BCUT2D eigenvalue weighted by atomic mass is 35.5. The average molecular weight is 468 g/mol. The normalized spacial score (nSPS) is 13.9. The number of alkyl halides is 3. The monoisotopic (exact) mass is 467 g/mol. The maximum absolute atomic E-state index is 13.1. The van der Waals surface area contributed by atoms with E-state index in [4.69, 9.17) is 16.3 Å². The lowest BCUT2D eigenvalue weighted by Crippen LogP contribution is -2.25. The summed E-state index contributed by atoms with van der Waals surface area (Å²) in [5.41, 5.74) is 1.05. The van der Waals surface area contributed by atoms with Gasteiger partial charge < -0.3 is 10.1 Å². The van der Waals surface area contributed by atoms with Crippen LogP contribution in [0.25, 0.3) is 11.3 Å². The van der Waals surface area contributed by atoms with E-state index in [2.05, 4.69) is 20.6 Å². The van der Waals surface area contributed by atoms with Crippen LogP contribution in [0.4, 0.5) is 13.2 Å². The molecule has 0 bridgehead atoms. The van der Waals surface area contributed by atoms with Gasteiger partial charge in [0.05, 0.1) is 23.5 Å². The molecular formula is C21H21ClF3N5O2. The second-order valence-corrected chi connectivity index (χ2v) is 7.93. The largest absolute Gasteiger partial charge is 0.497 e. The number of H-pyrrole nitrogens is 1. The lowest BCUT2D eigenvalue weighted by atomic mass is 10.1. The first-order valence-electron chi connectivity index (χ1n) is 10.1. The molecule has 0 saturated heterocycles. The number of methoxy groups -OCH3 is 1. The summed E-state index contributed by atoms with van der Waals surface area (Å²) in [7, 11) is 1.57. The minimum atomic E-state index is -4.60. The molecular weight excluding hydrogens is 447 g/mol. The lowest BCUT2D eigenvalue weighted by molar-refractivity contribution is -0.141. The van der Waals surface area contributed by atoms with Gasteiger partial charge in [0, 0.05) is 24.6 Å². The molecule has 3 aromatic rings. The van der Waals surface area contributed by atoms with Gasteiger partial charge in [0.2, 0.25) is 0 Å². The van der Waals surface area contributed by atoms with Crippen molar-refractivity contribution >= 4 is 17.5 Å². The summed E-state index contributed by atoms with van der Waals surface area (Å²) in [5, 5.41) is 13.0. The zero-order valence-corrected chi connectivity index (χ0v) is 17.9. The van der Waals surface area contributed by atoms with Gasteiger partial charge in [0.15, 0.2) is 5.69 Å². The van der Waals surface area contributed by atoms with Gasteiger partial charge in [-0.25, -0.2) is 0 Å². The van der Waals surface area contributed by atoms with Crippen molar-refractivity contribution in [1.82, 2.24) is 25.3 Å². The number of carbonyl (C=O) groups excluding carboxylic acids is 1. The van der Waals surface area contributed by atoms with E-state index in [1.165, 1.54) is 4.68 Å². The Hall–Kier alpha value is -3.01. The summed E-state index contributed by atoms with van der Waals surface area (Å²) in [5.74, 6) is 0.332. The summed E-state index contributed by atoms with van der Waals surface area (Å²) >= 11 is 5.97. The number of aromatic amines is 1. The molecule has 0 spiro atoms. The predicted octanol–water partition coefficient (Wildman–Crippen LogP) is 4.65. The first-order valence-corrected chi connectivity index (χ1v) is 10.5. The Morgan fingerprint density at radius 2 is 2.12 bits per heavy atom. The van der Waals surface area contributed by atoms with Crippen LogP contribution in [0.5, 0.6) is 5.75 Å². The number of benzene rings is 1. The minimum Gasteiger partial charge on any atom is -0.497 e. The Morgan fingerprint density at radius 1 is 1.34 bits per heavy atom. The number of ether oxygens (including phenoxy) is 1. The molecule has 1 aliphatic rings. The van der Waals surface area contributed by atoms with E-state index in [0.29, 0.717) is 23.6 Å². The molecule has 2 N–H and O–H groups in total. The SMILES string of the molecule is COc1cccc(-c2cc(C(=O)NCCCn3nc(C(F)(F)F)c(Cl)c3C3CC3)[nH]n2)c1. The molecule has 2 heterocycles. The molecule has 1 amide bonds. The molecule has 1 fully saturated rings. The molecule has 0 unspecified atom stereocenters. The van der Waals surface area contributed by atoms with Crippen LogP contribution in [-0.4, -0.2) is 39.5 Å². The van der Waals surface area contributed by atoms with Crippen LogP contribution in [0.1, 0.15) is 47.1 Å². The van der Waals surface area contributed by atoms with E-state index in [9.17, 15) is 18.0 Å². The quantitative estimate of drug-likeness (QED) is 0.472. The summed E-state index contributed by atoms with van der Waals surface area (Å²) in [6.07, 6.45) is -2.59. The number of aryl methyl sites for hydroxylation is 1. The second kappa shape index (κ2) is 8.85. The Morgan fingerprint density at radius 3 is 2.81 bits per heavy atom. The molecule has 7 nitrogen and oxygen atoms in total. The number of nitrogens with one attached hydrogen (secondary N) is 2. The smallest absolute Gasteiger partial charge is 0.436 e. The van der Waals surface area contributed by atoms with Crippen LogP contribution in [0.2, 0.25) is 5.02 Å². The van der Waals surface area contributed by atoms with Gasteiger partial charge in [-0.1, -0.05) is 23.7 Å². The maximum Gasteiger partial charge on any atom is 0.436 e. The molecule has 2 aromatic heterocycles. The van der Waals surface area contributed by atoms with Crippen molar-refractivity contribution in [3.8, 4) is 17.0 Å². The molecule has 0 atom stereocenters. The molecule has 11 heteroatoms. The van der Waals surface area contributed by atoms with E-state index in [-0.39, 0.29) is 35.6 Å². The van der Waals surface area contributed by atoms with E-state index in [0.717, 1.165) is 18.4 Å². The van der Waals surface area contributed by atoms with Crippen LogP contribution in [0.3, 0.4) is 0 Å². The Kier molecular flexibility index (Phi) is 6.14. The van der Waals surface area contributed by atoms with E-state index in [1.54, 1.807) is 19.2 Å². The summed E-state index contributed by atoms with van der Waals surface area (Å²) in [4.78, 5) is 12.4. The van der Waals surface area contributed by atoms with Crippen LogP contribution in [0.15, 0.2) is 30.3 Å². The first kappa shape index (κ1) is 22.2. The highest BCUT2D eigenvalue weighted by Crippen LogP contribution is 2.46. The maximum atomic E-state index is 13.1. The van der Waals surface area contributed by atoms with Gasteiger partial charge in [-0.05, 0) is 37.5 Å². The Balaban J connectivity index is 1.35. The third-order valence-electron chi connectivity index (χ3n) is 5.18. The first-order chi connectivity index (χ1) is 15.3. The zero-order chi connectivity index (χ0) is 22.9. The topological polar surface area (TPSA) is 84.8 Å². The van der Waals surface area contributed by atoms with Gasteiger partial charge in [-0.2, -0.15) is 23.4 Å². The van der Waals surface area contributed by atoms with Crippen LogP contribution in [-0.2, 0) is 12.7 Å². The molecule has 0 aliphatic heterocycles. The lowest BCUT2D eigenvalue weighted by Gasteiger charge is -2.07. The van der Waals surface area contributed by atoms with Gasteiger partial charge >= 0.3 is 6.18 Å².